The number of aryl methyl sites for hydroxylation is 1. The van der Waals surface area contributed by atoms with E-state index < -0.39 is 28.9 Å². The van der Waals surface area contributed by atoms with E-state index in [1.54, 1.807) is 13.8 Å². The third-order valence-electron chi connectivity index (χ3n) is 3.79. The summed E-state index contributed by atoms with van der Waals surface area (Å²) in [6, 6.07) is 2.10. The summed E-state index contributed by atoms with van der Waals surface area (Å²) in [7, 11) is 0. The summed E-state index contributed by atoms with van der Waals surface area (Å²) >= 11 is 1.26. The highest BCUT2D eigenvalue weighted by atomic mass is 32.1. The smallest absolute Gasteiger partial charge is 0.341 e. The van der Waals surface area contributed by atoms with Gasteiger partial charge in [-0.2, -0.15) is 0 Å². The number of nitrogens with zero attached hydrogens (tertiary/aromatic N) is 2. The number of hydrogen-bond donors (Lipinski definition) is 1. The first-order chi connectivity index (χ1) is 12.8. The van der Waals surface area contributed by atoms with Crippen molar-refractivity contribution in [2.75, 3.05) is 11.9 Å². The Morgan fingerprint density at radius 2 is 2.04 bits per heavy atom. The molecule has 2 rings (SSSR count). The molecule has 2 aromatic rings. The first kappa shape index (κ1) is 20.3. The van der Waals surface area contributed by atoms with Gasteiger partial charge >= 0.3 is 5.97 Å². The molecule has 0 bridgehead atoms. The van der Waals surface area contributed by atoms with E-state index in [9.17, 15) is 24.5 Å². The SMILES string of the molecule is CCOC(=O)c1c(NC(=O)Cn2cc([N+](=O)[O-])ccc2=O)sc(CC)c1C. The van der Waals surface area contributed by atoms with Crippen LogP contribution in [-0.4, -0.2) is 28.0 Å². The van der Waals surface area contributed by atoms with E-state index in [0.29, 0.717) is 17.0 Å². The summed E-state index contributed by atoms with van der Waals surface area (Å²) in [6.45, 7) is 5.19. The summed E-state index contributed by atoms with van der Waals surface area (Å²) in [5.41, 5.74) is 0.190. The minimum absolute atomic E-state index is 0.200. The number of aromatic nitrogens is 1. The molecule has 0 saturated heterocycles. The zero-order valence-corrected chi connectivity index (χ0v) is 15.9. The second kappa shape index (κ2) is 8.58. The van der Waals surface area contributed by atoms with Crippen molar-refractivity contribution in [2.45, 2.75) is 33.7 Å². The van der Waals surface area contributed by atoms with Crippen molar-refractivity contribution in [3.63, 3.8) is 0 Å². The fourth-order valence-corrected chi connectivity index (χ4v) is 3.66. The van der Waals surface area contributed by atoms with Gasteiger partial charge in [0.25, 0.3) is 11.2 Å². The topological polar surface area (TPSA) is 121 Å². The standard InChI is InChI=1S/C17H19N3O6S/c1-4-12-10(3)15(17(23)26-5-2)16(27-12)18-13(21)9-19-8-11(20(24)25)6-7-14(19)22/h6-8H,4-5,9H2,1-3H3,(H,18,21). The molecule has 9 nitrogen and oxygen atoms in total. The van der Waals surface area contributed by atoms with E-state index in [4.69, 9.17) is 4.74 Å². The minimum atomic E-state index is -0.650. The average Bonchev–Trinajstić information content (AvgIpc) is 2.92. The number of esters is 1. The maximum Gasteiger partial charge on any atom is 0.341 e. The summed E-state index contributed by atoms with van der Waals surface area (Å²) in [6.07, 6.45) is 1.69. The maximum atomic E-state index is 12.4. The number of thiophene rings is 1. The molecule has 0 saturated carbocycles. The predicted octanol–water partition coefficient (Wildman–Crippen LogP) is 2.50. The van der Waals surface area contributed by atoms with Crippen molar-refractivity contribution >= 4 is 33.9 Å². The average molecular weight is 393 g/mol. The molecule has 0 aliphatic carbocycles. The molecule has 2 heterocycles. The molecule has 0 radical (unpaired) electrons. The van der Waals surface area contributed by atoms with Crippen LogP contribution in [0.5, 0.6) is 0 Å². The van der Waals surface area contributed by atoms with E-state index in [-0.39, 0.29) is 12.3 Å². The molecule has 10 heteroatoms. The molecule has 0 aliphatic rings. The highest BCUT2D eigenvalue weighted by molar-refractivity contribution is 7.17. The number of ether oxygens (including phenoxy) is 1. The molecule has 27 heavy (non-hydrogen) atoms. The second-order valence-corrected chi connectivity index (χ2v) is 6.69. The zero-order valence-electron chi connectivity index (χ0n) is 15.1. The third-order valence-corrected chi connectivity index (χ3v) is 5.14. The van der Waals surface area contributed by atoms with E-state index in [1.807, 2.05) is 6.92 Å². The van der Waals surface area contributed by atoms with Crippen molar-refractivity contribution in [1.29, 1.82) is 0 Å². The van der Waals surface area contributed by atoms with Gasteiger partial charge in [-0.1, -0.05) is 6.92 Å². The number of rotatable bonds is 7. The highest BCUT2D eigenvalue weighted by Gasteiger charge is 2.23. The number of anilines is 1. The molecule has 0 unspecified atom stereocenters. The van der Waals surface area contributed by atoms with Gasteiger partial charge in [0.2, 0.25) is 5.91 Å². The Bertz CT molecular complexity index is 947. The number of amides is 1. The predicted molar refractivity (Wildman–Crippen MR) is 100 cm³/mol. The van der Waals surface area contributed by atoms with Crippen molar-refractivity contribution in [3.8, 4) is 0 Å². The lowest BCUT2D eigenvalue weighted by molar-refractivity contribution is -0.385. The fraction of sp³-hybridized carbons (Fsp3) is 0.353. The number of hydrogen-bond acceptors (Lipinski definition) is 7. The van der Waals surface area contributed by atoms with Crippen LogP contribution < -0.4 is 10.9 Å². The van der Waals surface area contributed by atoms with Crippen LogP contribution in [0.1, 0.15) is 34.6 Å². The van der Waals surface area contributed by atoms with Crippen LogP contribution in [0.4, 0.5) is 10.7 Å². The molecular weight excluding hydrogens is 374 g/mol. The van der Waals surface area contributed by atoms with Crippen molar-refractivity contribution in [2.24, 2.45) is 0 Å². The van der Waals surface area contributed by atoms with Gasteiger partial charge in [0.05, 0.1) is 23.3 Å². The fourth-order valence-electron chi connectivity index (χ4n) is 2.51. The van der Waals surface area contributed by atoms with Gasteiger partial charge in [-0.05, 0) is 25.8 Å². The van der Waals surface area contributed by atoms with E-state index in [1.165, 1.54) is 11.3 Å². The van der Waals surface area contributed by atoms with Crippen molar-refractivity contribution in [1.82, 2.24) is 4.57 Å². The van der Waals surface area contributed by atoms with E-state index >= 15 is 0 Å². The minimum Gasteiger partial charge on any atom is -0.462 e. The molecular formula is C17H19N3O6S. The Morgan fingerprint density at radius 3 is 2.63 bits per heavy atom. The van der Waals surface area contributed by atoms with Gasteiger partial charge < -0.3 is 10.1 Å². The van der Waals surface area contributed by atoms with Gasteiger partial charge in [0.1, 0.15) is 11.5 Å². The van der Waals surface area contributed by atoms with Crippen LogP contribution in [-0.2, 0) is 22.5 Å². The number of carbonyl (C=O) groups excluding carboxylic acids is 2. The second-order valence-electron chi connectivity index (χ2n) is 5.59. The molecule has 1 N–H and O–H groups in total. The van der Waals surface area contributed by atoms with Crippen molar-refractivity contribution < 1.29 is 19.2 Å². The maximum absolute atomic E-state index is 12.4. The lowest BCUT2D eigenvalue weighted by atomic mass is 10.1. The lowest BCUT2D eigenvalue weighted by Crippen LogP contribution is -2.27. The van der Waals surface area contributed by atoms with Gasteiger partial charge in [0.15, 0.2) is 0 Å². The molecule has 0 fully saturated rings. The van der Waals surface area contributed by atoms with Crippen LogP contribution in [0, 0.1) is 17.0 Å². The largest absolute Gasteiger partial charge is 0.462 e. The van der Waals surface area contributed by atoms with Gasteiger partial charge in [-0.3, -0.25) is 24.3 Å². The summed E-state index contributed by atoms with van der Waals surface area (Å²) < 4.78 is 6.00. The number of pyridine rings is 1. The molecule has 2 aromatic heterocycles. The Balaban J connectivity index is 2.28. The highest BCUT2D eigenvalue weighted by Crippen LogP contribution is 2.34. The molecule has 1 amide bonds. The molecule has 0 aliphatic heterocycles. The Kier molecular flexibility index (Phi) is 6.45. The molecule has 144 valence electrons. The van der Waals surface area contributed by atoms with Gasteiger partial charge in [0, 0.05) is 17.0 Å². The molecule has 0 aromatic carbocycles. The molecule has 0 atom stereocenters. The number of nitro groups is 1. The first-order valence-electron chi connectivity index (χ1n) is 8.22. The summed E-state index contributed by atoms with van der Waals surface area (Å²) in [5, 5.41) is 13.8. The first-order valence-corrected chi connectivity index (χ1v) is 9.04. The Morgan fingerprint density at radius 1 is 1.33 bits per heavy atom. The van der Waals surface area contributed by atoms with Crippen LogP contribution in [0.15, 0.2) is 23.1 Å². The molecule has 0 spiro atoms. The van der Waals surface area contributed by atoms with Crippen LogP contribution >= 0.6 is 11.3 Å². The van der Waals surface area contributed by atoms with Crippen molar-refractivity contribution in [3.05, 3.63) is 54.8 Å². The quantitative estimate of drug-likeness (QED) is 0.438. The van der Waals surface area contributed by atoms with E-state index in [2.05, 4.69) is 5.32 Å². The van der Waals surface area contributed by atoms with Crippen LogP contribution in [0.2, 0.25) is 0 Å². The van der Waals surface area contributed by atoms with E-state index in [0.717, 1.165) is 33.3 Å². The Hall–Kier alpha value is -3.01. The van der Waals surface area contributed by atoms with Crippen LogP contribution in [0.25, 0.3) is 0 Å². The third kappa shape index (κ3) is 4.59. The van der Waals surface area contributed by atoms with Crippen LogP contribution in [0.3, 0.4) is 0 Å². The zero-order chi connectivity index (χ0) is 20.1. The normalized spacial score (nSPS) is 10.5. The number of carbonyl (C=O) groups is 2. The Labute approximate surface area is 158 Å². The lowest BCUT2D eigenvalue weighted by Gasteiger charge is -2.08. The summed E-state index contributed by atoms with van der Waals surface area (Å²) in [5.74, 6) is -1.11. The number of nitrogens with one attached hydrogen (secondary N) is 1. The van der Waals surface area contributed by atoms with Gasteiger partial charge in [-0.25, -0.2) is 4.79 Å². The summed E-state index contributed by atoms with van der Waals surface area (Å²) in [4.78, 5) is 47.6. The monoisotopic (exact) mass is 393 g/mol. The van der Waals surface area contributed by atoms with Gasteiger partial charge in [-0.15, -0.1) is 11.3 Å².